The molecule has 1 aromatic rings. The molecule has 0 aliphatic rings. The third kappa shape index (κ3) is 5.64. The number of ketones is 1. The fraction of sp³-hybridized carbons (Fsp3) is 0.562. The van der Waals surface area contributed by atoms with Crippen molar-refractivity contribution in [2.24, 2.45) is 5.41 Å². The third-order valence-electron chi connectivity index (χ3n) is 2.77. The summed E-state index contributed by atoms with van der Waals surface area (Å²) >= 11 is 5.78. The first kappa shape index (κ1) is 18.4. The van der Waals surface area contributed by atoms with E-state index in [2.05, 4.69) is 10.3 Å². The number of hydrogen-bond acceptors (Lipinski definition) is 4. The van der Waals surface area contributed by atoms with Crippen molar-refractivity contribution in [1.29, 1.82) is 0 Å². The van der Waals surface area contributed by atoms with Gasteiger partial charge in [-0.25, -0.2) is 4.79 Å². The summed E-state index contributed by atoms with van der Waals surface area (Å²) in [6.45, 7) is 10.9. The van der Waals surface area contributed by atoms with Gasteiger partial charge in [-0.1, -0.05) is 32.4 Å². The molecular formula is C16H23ClN2O3. The van der Waals surface area contributed by atoms with Crippen molar-refractivity contribution in [2.75, 3.05) is 0 Å². The number of pyridine rings is 1. The van der Waals surface area contributed by atoms with Crippen LogP contribution < -0.4 is 5.32 Å². The van der Waals surface area contributed by atoms with Gasteiger partial charge in [-0.3, -0.25) is 9.78 Å². The number of hydrogen-bond donors (Lipinski definition) is 1. The van der Waals surface area contributed by atoms with Crippen LogP contribution in [0.25, 0.3) is 0 Å². The zero-order valence-electron chi connectivity index (χ0n) is 13.9. The fourth-order valence-electron chi connectivity index (χ4n) is 1.77. The molecule has 5 nitrogen and oxygen atoms in total. The highest BCUT2D eigenvalue weighted by Gasteiger charge is 2.35. The van der Waals surface area contributed by atoms with E-state index >= 15 is 0 Å². The van der Waals surface area contributed by atoms with Crippen LogP contribution in [-0.4, -0.2) is 28.5 Å². The second kappa shape index (κ2) is 6.65. The first-order valence-corrected chi connectivity index (χ1v) is 7.43. The molecule has 0 radical (unpaired) electrons. The molecule has 1 unspecified atom stereocenters. The number of aromatic nitrogens is 1. The topological polar surface area (TPSA) is 68.3 Å². The Kier molecular flexibility index (Phi) is 5.57. The molecule has 1 aromatic heterocycles. The standard InChI is InChI=1S/C16H23ClN2O3/c1-15(2,3)13(19-14(21)22-16(4,5)6)12(20)11-8-7-10(17)9-18-11/h7-9,13H,1-6H3,(H,19,21). The van der Waals surface area contributed by atoms with E-state index in [9.17, 15) is 9.59 Å². The number of amides is 1. The Morgan fingerprint density at radius 2 is 1.77 bits per heavy atom. The number of ether oxygens (including phenoxy) is 1. The van der Waals surface area contributed by atoms with E-state index in [1.165, 1.54) is 6.20 Å². The van der Waals surface area contributed by atoms with Gasteiger partial charge in [0.1, 0.15) is 17.3 Å². The number of Topliss-reactive ketones (excluding diaryl/α,β-unsaturated/α-hetero) is 1. The average molecular weight is 327 g/mol. The van der Waals surface area contributed by atoms with Crippen molar-refractivity contribution < 1.29 is 14.3 Å². The van der Waals surface area contributed by atoms with Crippen LogP contribution >= 0.6 is 11.6 Å². The normalized spacial score (nSPS) is 13.4. The van der Waals surface area contributed by atoms with Crippen LogP contribution in [0.1, 0.15) is 52.0 Å². The van der Waals surface area contributed by atoms with Gasteiger partial charge in [-0.15, -0.1) is 0 Å². The van der Waals surface area contributed by atoms with Crippen molar-refractivity contribution in [3.63, 3.8) is 0 Å². The molecular weight excluding hydrogens is 304 g/mol. The Bertz CT molecular complexity index is 542. The zero-order chi connectivity index (χ0) is 17.1. The predicted octanol–water partition coefficient (Wildman–Crippen LogP) is 3.86. The van der Waals surface area contributed by atoms with E-state index < -0.39 is 23.2 Å². The van der Waals surface area contributed by atoms with Crippen LogP contribution in [-0.2, 0) is 4.74 Å². The van der Waals surface area contributed by atoms with Crippen LogP contribution in [0.5, 0.6) is 0 Å². The second-order valence-electron chi connectivity index (χ2n) is 7.17. The minimum absolute atomic E-state index is 0.250. The molecule has 0 saturated heterocycles. The monoisotopic (exact) mass is 326 g/mol. The van der Waals surface area contributed by atoms with Crippen LogP contribution in [0.2, 0.25) is 5.02 Å². The molecule has 22 heavy (non-hydrogen) atoms. The molecule has 0 bridgehead atoms. The molecule has 0 spiro atoms. The maximum absolute atomic E-state index is 12.6. The quantitative estimate of drug-likeness (QED) is 0.856. The number of alkyl carbamates (subject to hydrolysis) is 1. The summed E-state index contributed by atoms with van der Waals surface area (Å²) in [6, 6.07) is 2.38. The molecule has 0 aliphatic carbocycles. The van der Waals surface area contributed by atoms with Crippen LogP contribution in [0.15, 0.2) is 18.3 Å². The molecule has 6 heteroatoms. The molecule has 122 valence electrons. The molecule has 1 heterocycles. The highest BCUT2D eigenvalue weighted by atomic mass is 35.5. The smallest absolute Gasteiger partial charge is 0.408 e. The average Bonchev–Trinajstić information content (AvgIpc) is 2.32. The lowest BCUT2D eigenvalue weighted by Gasteiger charge is -2.31. The Hall–Kier alpha value is -1.62. The van der Waals surface area contributed by atoms with Crippen LogP contribution in [0, 0.1) is 5.41 Å². The molecule has 1 rings (SSSR count). The van der Waals surface area contributed by atoms with Crippen LogP contribution in [0.3, 0.4) is 0 Å². The van der Waals surface area contributed by atoms with Gasteiger partial charge in [-0.05, 0) is 38.3 Å². The predicted molar refractivity (Wildman–Crippen MR) is 86.2 cm³/mol. The molecule has 1 N–H and O–H groups in total. The number of rotatable bonds is 3. The second-order valence-corrected chi connectivity index (χ2v) is 7.61. The van der Waals surface area contributed by atoms with Gasteiger partial charge in [0, 0.05) is 6.20 Å². The number of carbonyl (C=O) groups excluding carboxylic acids is 2. The van der Waals surface area contributed by atoms with E-state index in [4.69, 9.17) is 16.3 Å². The van der Waals surface area contributed by atoms with Crippen molar-refractivity contribution in [3.8, 4) is 0 Å². The maximum atomic E-state index is 12.6. The summed E-state index contributed by atoms with van der Waals surface area (Å²) in [5.41, 5.74) is -0.871. The van der Waals surface area contributed by atoms with Gasteiger partial charge in [-0.2, -0.15) is 0 Å². The van der Waals surface area contributed by atoms with Crippen molar-refractivity contribution in [3.05, 3.63) is 29.0 Å². The van der Waals surface area contributed by atoms with E-state index in [-0.39, 0.29) is 11.5 Å². The summed E-state index contributed by atoms with van der Waals surface area (Å²) in [4.78, 5) is 28.6. The van der Waals surface area contributed by atoms with Gasteiger partial charge >= 0.3 is 6.09 Å². The fourth-order valence-corrected chi connectivity index (χ4v) is 1.88. The summed E-state index contributed by atoms with van der Waals surface area (Å²) < 4.78 is 5.22. The largest absolute Gasteiger partial charge is 0.444 e. The summed E-state index contributed by atoms with van der Waals surface area (Å²) in [5.74, 6) is -0.282. The Balaban J connectivity index is 2.96. The Morgan fingerprint density at radius 1 is 1.18 bits per heavy atom. The lowest BCUT2D eigenvalue weighted by molar-refractivity contribution is 0.0445. The highest BCUT2D eigenvalue weighted by Crippen LogP contribution is 2.23. The number of nitrogens with one attached hydrogen (secondary N) is 1. The summed E-state index contributed by atoms with van der Waals surface area (Å²) in [5, 5.41) is 3.09. The van der Waals surface area contributed by atoms with E-state index in [1.54, 1.807) is 32.9 Å². The minimum atomic E-state index is -0.754. The minimum Gasteiger partial charge on any atom is -0.444 e. The van der Waals surface area contributed by atoms with E-state index in [1.807, 2.05) is 20.8 Å². The third-order valence-corrected chi connectivity index (χ3v) is 2.99. The lowest BCUT2D eigenvalue weighted by Crippen LogP contribution is -2.50. The van der Waals surface area contributed by atoms with Crippen molar-refractivity contribution in [1.82, 2.24) is 10.3 Å². The van der Waals surface area contributed by atoms with Crippen molar-refractivity contribution in [2.45, 2.75) is 53.2 Å². The first-order chi connectivity index (χ1) is 9.90. The summed E-state index contributed by atoms with van der Waals surface area (Å²) in [7, 11) is 0. The van der Waals surface area contributed by atoms with Crippen molar-refractivity contribution >= 4 is 23.5 Å². The first-order valence-electron chi connectivity index (χ1n) is 7.05. The van der Waals surface area contributed by atoms with Crippen LogP contribution in [0.4, 0.5) is 4.79 Å². The Labute approximate surface area is 136 Å². The van der Waals surface area contributed by atoms with Gasteiger partial charge in [0.25, 0.3) is 0 Å². The molecule has 0 fully saturated rings. The van der Waals surface area contributed by atoms with E-state index in [0.29, 0.717) is 5.02 Å². The zero-order valence-corrected chi connectivity index (χ0v) is 14.6. The highest BCUT2D eigenvalue weighted by molar-refractivity contribution is 6.30. The molecule has 0 saturated carbocycles. The molecule has 0 aliphatic heterocycles. The summed E-state index contributed by atoms with van der Waals surface area (Å²) in [6.07, 6.45) is 0.775. The number of carbonyl (C=O) groups is 2. The maximum Gasteiger partial charge on any atom is 0.408 e. The Morgan fingerprint density at radius 3 is 2.18 bits per heavy atom. The van der Waals surface area contributed by atoms with Gasteiger partial charge in [0.15, 0.2) is 0 Å². The number of halogens is 1. The number of nitrogens with zero attached hydrogens (tertiary/aromatic N) is 1. The van der Waals surface area contributed by atoms with E-state index in [0.717, 1.165) is 0 Å². The molecule has 1 amide bonds. The molecule has 1 atom stereocenters. The van der Waals surface area contributed by atoms with Gasteiger partial charge in [0.05, 0.1) is 5.02 Å². The SMILES string of the molecule is CC(C)(C)OC(=O)NC(C(=O)c1ccc(Cl)cn1)C(C)(C)C. The lowest BCUT2D eigenvalue weighted by atomic mass is 9.83. The van der Waals surface area contributed by atoms with Gasteiger partial charge < -0.3 is 10.1 Å². The molecule has 0 aromatic carbocycles. The van der Waals surface area contributed by atoms with Gasteiger partial charge in [0.2, 0.25) is 5.78 Å².